The van der Waals surface area contributed by atoms with Crippen LogP contribution < -0.4 is 0 Å². The summed E-state index contributed by atoms with van der Waals surface area (Å²) in [6.45, 7) is 6.00. The Morgan fingerprint density at radius 1 is 1.47 bits per heavy atom. The van der Waals surface area contributed by atoms with E-state index in [-0.39, 0.29) is 0 Å². The average molecular weight is 201 g/mol. The number of hydrogen-bond donors (Lipinski definition) is 0. The van der Waals surface area contributed by atoms with E-state index in [1.807, 2.05) is 43.4 Å². The number of allylic oxidation sites excluding steroid dienone is 5. The molecular formula is C13H15NO. The van der Waals surface area contributed by atoms with E-state index in [9.17, 15) is 0 Å². The van der Waals surface area contributed by atoms with Crippen LogP contribution in [0.15, 0.2) is 61.0 Å². The Morgan fingerprint density at radius 2 is 2.33 bits per heavy atom. The summed E-state index contributed by atoms with van der Waals surface area (Å²) in [7, 11) is 0. The minimum absolute atomic E-state index is 0.505. The van der Waals surface area contributed by atoms with Gasteiger partial charge in [-0.3, -0.25) is 4.98 Å². The lowest BCUT2D eigenvalue weighted by Crippen LogP contribution is -1.92. The van der Waals surface area contributed by atoms with E-state index >= 15 is 0 Å². The summed E-state index contributed by atoms with van der Waals surface area (Å²) in [5.41, 5.74) is 0.929. The lowest BCUT2D eigenvalue weighted by Gasteiger charge is -2.04. The lowest BCUT2D eigenvalue weighted by molar-refractivity contribution is 0.197. The van der Waals surface area contributed by atoms with Crippen LogP contribution in [0.25, 0.3) is 0 Å². The zero-order valence-corrected chi connectivity index (χ0v) is 8.89. The number of pyridine rings is 1. The molecule has 0 atom stereocenters. The zero-order valence-electron chi connectivity index (χ0n) is 8.89. The molecule has 1 aromatic heterocycles. The van der Waals surface area contributed by atoms with Gasteiger partial charge in [0, 0.05) is 6.20 Å². The van der Waals surface area contributed by atoms with Gasteiger partial charge in [-0.2, -0.15) is 0 Å². The van der Waals surface area contributed by atoms with Crippen molar-refractivity contribution in [3.8, 4) is 0 Å². The molecule has 0 aliphatic carbocycles. The summed E-state index contributed by atoms with van der Waals surface area (Å²) >= 11 is 0. The predicted molar refractivity (Wildman–Crippen MR) is 62.1 cm³/mol. The second-order valence-corrected chi connectivity index (χ2v) is 3.01. The molecule has 1 rings (SSSR count). The second-order valence-electron chi connectivity index (χ2n) is 3.01. The molecule has 78 valence electrons. The second kappa shape index (κ2) is 6.60. The van der Waals surface area contributed by atoms with Gasteiger partial charge in [0.15, 0.2) is 0 Å². The molecule has 0 aliphatic rings. The molecule has 0 unspecified atom stereocenters. The SMILES string of the molecule is C=C/C=C\C=C(/C)OCc1ccccn1. The number of ether oxygens (including phenoxy) is 1. The van der Waals surface area contributed by atoms with Crippen LogP contribution in [0.5, 0.6) is 0 Å². The van der Waals surface area contributed by atoms with Gasteiger partial charge < -0.3 is 4.74 Å². The van der Waals surface area contributed by atoms with E-state index < -0.39 is 0 Å². The molecule has 0 fully saturated rings. The first-order chi connectivity index (χ1) is 7.33. The maximum Gasteiger partial charge on any atom is 0.130 e. The van der Waals surface area contributed by atoms with Gasteiger partial charge in [-0.15, -0.1) is 0 Å². The number of hydrogen-bond acceptors (Lipinski definition) is 2. The van der Waals surface area contributed by atoms with E-state index in [2.05, 4.69) is 11.6 Å². The third-order valence-corrected chi connectivity index (χ3v) is 1.75. The van der Waals surface area contributed by atoms with Gasteiger partial charge in [0.2, 0.25) is 0 Å². The summed E-state index contributed by atoms with van der Waals surface area (Å²) in [5, 5.41) is 0. The maximum absolute atomic E-state index is 5.49. The summed E-state index contributed by atoms with van der Waals surface area (Å²) < 4.78 is 5.49. The van der Waals surface area contributed by atoms with Gasteiger partial charge in [-0.25, -0.2) is 0 Å². The van der Waals surface area contributed by atoms with Crippen LogP contribution in [-0.2, 0) is 11.3 Å². The van der Waals surface area contributed by atoms with Crippen molar-refractivity contribution in [2.45, 2.75) is 13.5 Å². The number of rotatable bonds is 5. The van der Waals surface area contributed by atoms with Crippen LogP contribution >= 0.6 is 0 Å². The Kier molecular flexibility index (Phi) is 4.95. The van der Waals surface area contributed by atoms with Crippen molar-refractivity contribution in [2.75, 3.05) is 0 Å². The first-order valence-corrected chi connectivity index (χ1v) is 4.81. The molecule has 0 saturated heterocycles. The maximum atomic E-state index is 5.49. The fourth-order valence-corrected chi connectivity index (χ4v) is 0.989. The van der Waals surface area contributed by atoms with Crippen LogP contribution in [0.1, 0.15) is 12.6 Å². The topological polar surface area (TPSA) is 22.1 Å². The van der Waals surface area contributed by atoms with Gasteiger partial charge in [-0.05, 0) is 25.1 Å². The van der Waals surface area contributed by atoms with Crippen molar-refractivity contribution < 1.29 is 4.74 Å². The molecule has 2 heteroatoms. The van der Waals surface area contributed by atoms with Gasteiger partial charge in [0.25, 0.3) is 0 Å². The van der Waals surface area contributed by atoms with E-state index in [0.29, 0.717) is 6.61 Å². The standard InChI is InChI=1S/C13H15NO/c1-3-4-5-8-12(2)15-11-13-9-6-7-10-14-13/h3-10H,1,11H2,2H3/b5-4-,12-8+. The van der Waals surface area contributed by atoms with E-state index in [4.69, 9.17) is 4.74 Å². The molecule has 0 saturated carbocycles. The average Bonchev–Trinajstić information content (AvgIpc) is 2.28. The Bertz CT molecular complexity index is 352. The molecule has 2 nitrogen and oxygen atoms in total. The lowest BCUT2D eigenvalue weighted by atomic mass is 10.3. The monoisotopic (exact) mass is 201 g/mol. The first kappa shape index (κ1) is 11.2. The van der Waals surface area contributed by atoms with Crippen LogP contribution in [0.3, 0.4) is 0 Å². The zero-order chi connectivity index (χ0) is 10.9. The molecule has 0 amide bonds. The fourth-order valence-electron chi connectivity index (χ4n) is 0.989. The highest BCUT2D eigenvalue weighted by atomic mass is 16.5. The Labute approximate surface area is 90.6 Å². The number of nitrogens with zero attached hydrogens (tertiary/aromatic N) is 1. The van der Waals surface area contributed by atoms with Gasteiger partial charge in [-0.1, -0.05) is 30.9 Å². The minimum Gasteiger partial charge on any atom is -0.492 e. The highest BCUT2D eigenvalue weighted by Crippen LogP contribution is 2.02. The van der Waals surface area contributed by atoms with Crippen molar-refractivity contribution >= 4 is 0 Å². The molecule has 0 aliphatic heterocycles. The van der Waals surface area contributed by atoms with Gasteiger partial charge >= 0.3 is 0 Å². The molecule has 0 spiro atoms. The molecule has 0 radical (unpaired) electrons. The summed E-state index contributed by atoms with van der Waals surface area (Å²) in [6.07, 6.45) is 9.12. The van der Waals surface area contributed by atoms with Crippen LogP contribution in [0, 0.1) is 0 Å². The largest absolute Gasteiger partial charge is 0.492 e. The summed E-state index contributed by atoms with van der Waals surface area (Å²) in [6, 6.07) is 5.77. The molecule has 1 aromatic rings. The minimum atomic E-state index is 0.505. The van der Waals surface area contributed by atoms with Crippen molar-refractivity contribution in [3.05, 3.63) is 66.7 Å². The van der Waals surface area contributed by atoms with Crippen LogP contribution in [0.4, 0.5) is 0 Å². The fraction of sp³-hybridized carbons (Fsp3) is 0.154. The van der Waals surface area contributed by atoms with Gasteiger partial charge in [0.05, 0.1) is 11.5 Å². The highest BCUT2D eigenvalue weighted by Gasteiger charge is 1.92. The Hall–Kier alpha value is -1.83. The van der Waals surface area contributed by atoms with Gasteiger partial charge in [0.1, 0.15) is 6.61 Å². The van der Waals surface area contributed by atoms with E-state index in [1.54, 1.807) is 12.3 Å². The van der Waals surface area contributed by atoms with Crippen molar-refractivity contribution in [2.24, 2.45) is 0 Å². The molecule has 15 heavy (non-hydrogen) atoms. The third-order valence-electron chi connectivity index (χ3n) is 1.75. The normalized spacial score (nSPS) is 11.7. The molecule has 0 bridgehead atoms. The molecule has 1 heterocycles. The Balaban J connectivity index is 2.40. The van der Waals surface area contributed by atoms with E-state index in [0.717, 1.165) is 11.5 Å². The van der Waals surface area contributed by atoms with Crippen LogP contribution in [0.2, 0.25) is 0 Å². The highest BCUT2D eigenvalue weighted by molar-refractivity contribution is 5.11. The number of aromatic nitrogens is 1. The summed E-state index contributed by atoms with van der Waals surface area (Å²) in [4.78, 5) is 4.16. The Morgan fingerprint density at radius 3 is 3.00 bits per heavy atom. The smallest absolute Gasteiger partial charge is 0.130 e. The van der Waals surface area contributed by atoms with Crippen molar-refractivity contribution in [1.82, 2.24) is 4.98 Å². The predicted octanol–water partition coefficient (Wildman–Crippen LogP) is 3.24. The quantitative estimate of drug-likeness (QED) is 0.539. The molecule has 0 N–H and O–H groups in total. The van der Waals surface area contributed by atoms with E-state index in [1.165, 1.54) is 0 Å². The summed E-state index contributed by atoms with van der Waals surface area (Å²) in [5.74, 6) is 0.860. The molecular weight excluding hydrogens is 186 g/mol. The van der Waals surface area contributed by atoms with Crippen molar-refractivity contribution in [1.29, 1.82) is 0 Å². The van der Waals surface area contributed by atoms with Crippen LogP contribution in [-0.4, -0.2) is 4.98 Å². The van der Waals surface area contributed by atoms with Crippen molar-refractivity contribution in [3.63, 3.8) is 0 Å². The first-order valence-electron chi connectivity index (χ1n) is 4.81. The third kappa shape index (κ3) is 4.81. The molecule has 0 aromatic carbocycles.